The maximum absolute atomic E-state index is 12.3. The summed E-state index contributed by atoms with van der Waals surface area (Å²) in [5, 5.41) is 6.11. The highest BCUT2D eigenvalue weighted by Crippen LogP contribution is 2.20. The zero-order valence-electron chi connectivity index (χ0n) is 14.3. The van der Waals surface area contributed by atoms with Gasteiger partial charge >= 0.3 is 0 Å². The van der Waals surface area contributed by atoms with Gasteiger partial charge in [0.05, 0.1) is 0 Å². The second kappa shape index (κ2) is 10.4. The lowest BCUT2D eigenvalue weighted by Gasteiger charge is -2.15. The third-order valence-electron chi connectivity index (χ3n) is 3.72. The zero-order valence-corrected chi connectivity index (χ0v) is 15.9. The summed E-state index contributed by atoms with van der Waals surface area (Å²) in [4.78, 5) is 16.3. The van der Waals surface area contributed by atoms with E-state index in [1.165, 1.54) is 0 Å². The molecule has 0 saturated carbocycles. The first-order valence-electron chi connectivity index (χ1n) is 7.85. The lowest BCUT2D eigenvalue weighted by atomic mass is 10.1. The Labute approximate surface area is 165 Å². The average molecular weight is 390 g/mol. The van der Waals surface area contributed by atoms with Gasteiger partial charge in [0.15, 0.2) is 0 Å². The van der Waals surface area contributed by atoms with Crippen LogP contribution in [0, 0.1) is 0 Å². The van der Waals surface area contributed by atoms with Crippen molar-refractivity contribution in [2.75, 3.05) is 10.6 Å². The molecule has 0 unspecified atom stereocenters. The molecule has 0 saturated heterocycles. The van der Waals surface area contributed by atoms with E-state index in [2.05, 4.69) is 15.6 Å². The molecule has 0 radical (unpaired) electrons. The summed E-state index contributed by atoms with van der Waals surface area (Å²) < 4.78 is 0. The van der Waals surface area contributed by atoms with Crippen LogP contribution >= 0.6 is 24.8 Å². The molecule has 1 atom stereocenters. The fourth-order valence-electron chi connectivity index (χ4n) is 2.39. The molecule has 0 bridgehead atoms. The summed E-state index contributed by atoms with van der Waals surface area (Å²) in [6.45, 7) is 1.84. The topological polar surface area (TPSA) is 54.0 Å². The fourth-order valence-corrected chi connectivity index (χ4v) is 2.39. The Kier molecular flexibility index (Phi) is 8.62. The van der Waals surface area contributed by atoms with Crippen molar-refractivity contribution in [2.24, 2.45) is 0 Å². The minimum Gasteiger partial charge on any atom is -0.374 e. The van der Waals surface area contributed by atoms with Crippen molar-refractivity contribution >= 4 is 42.1 Å². The molecule has 1 amide bonds. The van der Waals surface area contributed by atoms with E-state index in [9.17, 15) is 4.79 Å². The number of para-hydroxylation sites is 1. The predicted molar refractivity (Wildman–Crippen MR) is 112 cm³/mol. The lowest BCUT2D eigenvalue weighted by Crippen LogP contribution is -2.31. The van der Waals surface area contributed by atoms with Crippen LogP contribution in [-0.4, -0.2) is 16.9 Å². The molecule has 0 aliphatic carbocycles. The number of nitrogens with zero attached hydrogens (tertiary/aromatic N) is 1. The van der Waals surface area contributed by atoms with Crippen molar-refractivity contribution < 1.29 is 4.79 Å². The van der Waals surface area contributed by atoms with Crippen LogP contribution in [0.15, 0.2) is 79.1 Å². The van der Waals surface area contributed by atoms with Gasteiger partial charge in [-0.25, -0.2) is 0 Å². The number of benzene rings is 2. The van der Waals surface area contributed by atoms with Gasteiger partial charge in [-0.05, 0) is 54.4 Å². The van der Waals surface area contributed by atoms with Gasteiger partial charge in [0.1, 0.15) is 6.04 Å². The van der Waals surface area contributed by atoms with E-state index >= 15 is 0 Å². The second-order valence-corrected chi connectivity index (χ2v) is 5.53. The zero-order chi connectivity index (χ0) is 16.8. The lowest BCUT2D eigenvalue weighted by molar-refractivity contribution is -0.116. The van der Waals surface area contributed by atoms with Gasteiger partial charge in [0, 0.05) is 23.8 Å². The van der Waals surface area contributed by atoms with Gasteiger partial charge in [-0.3, -0.25) is 9.78 Å². The van der Waals surface area contributed by atoms with Crippen LogP contribution in [0.4, 0.5) is 11.4 Å². The quantitative estimate of drug-likeness (QED) is 0.642. The smallest absolute Gasteiger partial charge is 0.246 e. The molecule has 26 heavy (non-hydrogen) atoms. The third kappa shape index (κ3) is 5.76. The standard InChI is InChI=1S/C20H19N3O.2ClH/c1-15(22-18-5-3-2-4-6-18)20(24)23-19-9-7-16(8-10-19)17-11-13-21-14-12-17;;/h2-15,22H,1H3,(H,23,24);2*1H/t15-;;/m0../s1. The SMILES string of the molecule is C[C@H](Nc1ccccc1)C(=O)Nc1ccc(-c2ccncc2)cc1.Cl.Cl. The minimum atomic E-state index is -0.327. The van der Waals surface area contributed by atoms with Crippen molar-refractivity contribution in [1.29, 1.82) is 0 Å². The monoisotopic (exact) mass is 389 g/mol. The van der Waals surface area contributed by atoms with E-state index in [0.29, 0.717) is 0 Å². The highest BCUT2D eigenvalue weighted by atomic mass is 35.5. The highest BCUT2D eigenvalue weighted by molar-refractivity contribution is 5.96. The Morgan fingerprint density at radius 3 is 2.00 bits per heavy atom. The number of hydrogen-bond donors (Lipinski definition) is 2. The summed E-state index contributed by atoms with van der Waals surface area (Å²) in [5.74, 6) is -0.0736. The molecule has 2 N–H and O–H groups in total. The molecule has 1 heterocycles. The number of aromatic nitrogens is 1. The van der Waals surface area contributed by atoms with Gasteiger partial charge in [-0.1, -0.05) is 30.3 Å². The number of amides is 1. The van der Waals surface area contributed by atoms with Gasteiger partial charge in [0.2, 0.25) is 5.91 Å². The fraction of sp³-hybridized carbons (Fsp3) is 0.100. The van der Waals surface area contributed by atoms with E-state index in [1.54, 1.807) is 12.4 Å². The van der Waals surface area contributed by atoms with Gasteiger partial charge < -0.3 is 10.6 Å². The Balaban J connectivity index is 0.00000169. The summed E-state index contributed by atoms with van der Waals surface area (Å²) in [5.41, 5.74) is 3.89. The van der Waals surface area contributed by atoms with Crippen molar-refractivity contribution in [3.63, 3.8) is 0 Å². The van der Waals surface area contributed by atoms with Gasteiger partial charge in [0.25, 0.3) is 0 Å². The first-order valence-corrected chi connectivity index (χ1v) is 7.85. The number of rotatable bonds is 5. The molecule has 4 nitrogen and oxygen atoms in total. The number of pyridine rings is 1. The van der Waals surface area contributed by atoms with Crippen molar-refractivity contribution in [3.05, 3.63) is 79.1 Å². The molecule has 6 heteroatoms. The van der Waals surface area contributed by atoms with Crippen molar-refractivity contribution in [2.45, 2.75) is 13.0 Å². The number of anilines is 2. The summed E-state index contributed by atoms with van der Waals surface area (Å²) in [6.07, 6.45) is 3.53. The first-order chi connectivity index (χ1) is 11.7. The maximum Gasteiger partial charge on any atom is 0.246 e. The summed E-state index contributed by atoms with van der Waals surface area (Å²) in [6, 6.07) is 21.1. The Hall–Kier alpha value is -2.56. The maximum atomic E-state index is 12.3. The molecular weight excluding hydrogens is 369 g/mol. The Morgan fingerprint density at radius 1 is 0.808 bits per heavy atom. The number of halogens is 2. The molecule has 3 aromatic rings. The number of carbonyl (C=O) groups excluding carboxylic acids is 1. The highest BCUT2D eigenvalue weighted by Gasteiger charge is 2.12. The molecule has 0 aliphatic heterocycles. The van der Waals surface area contributed by atoms with E-state index in [0.717, 1.165) is 22.5 Å². The molecule has 0 spiro atoms. The molecule has 0 fully saturated rings. The van der Waals surface area contributed by atoms with Gasteiger partial charge in [-0.2, -0.15) is 0 Å². The normalized spacial score (nSPS) is 10.7. The minimum absolute atomic E-state index is 0. The van der Waals surface area contributed by atoms with Crippen LogP contribution in [0.25, 0.3) is 11.1 Å². The van der Waals surface area contributed by atoms with E-state index in [1.807, 2.05) is 73.7 Å². The summed E-state index contributed by atoms with van der Waals surface area (Å²) in [7, 11) is 0. The predicted octanol–water partition coefficient (Wildman–Crippen LogP) is 5.03. The van der Waals surface area contributed by atoms with Crippen LogP contribution in [-0.2, 0) is 4.79 Å². The largest absolute Gasteiger partial charge is 0.374 e. The average Bonchev–Trinajstić information content (AvgIpc) is 2.64. The van der Waals surface area contributed by atoms with E-state index in [-0.39, 0.29) is 36.8 Å². The van der Waals surface area contributed by atoms with Gasteiger partial charge in [-0.15, -0.1) is 24.8 Å². The van der Waals surface area contributed by atoms with Crippen LogP contribution in [0.3, 0.4) is 0 Å². The van der Waals surface area contributed by atoms with E-state index < -0.39 is 0 Å². The van der Waals surface area contributed by atoms with Crippen molar-refractivity contribution in [1.82, 2.24) is 4.98 Å². The second-order valence-electron chi connectivity index (χ2n) is 5.53. The number of hydrogen-bond acceptors (Lipinski definition) is 3. The van der Waals surface area contributed by atoms with Crippen LogP contribution in [0.5, 0.6) is 0 Å². The first kappa shape index (κ1) is 21.5. The third-order valence-corrected chi connectivity index (χ3v) is 3.72. The van der Waals surface area contributed by atoms with Crippen LogP contribution in [0.2, 0.25) is 0 Å². The molecule has 0 aliphatic rings. The summed E-state index contributed by atoms with van der Waals surface area (Å²) >= 11 is 0. The van der Waals surface area contributed by atoms with E-state index in [4.69, 9.17) is 0 Å². The number of nitrogens with one attached hydrogen (secondary N) is 2. The molecule has 2 aromatic carbocycles. The number of carbonyl (C=O) groups is 1. The molecule has 136 valence electrons. The van der Waals surface area contributed by atoms with Crippen LogP contribution < -0.4 is 10.6 Å². The van der Waals surface area contributed by atoms with Crippen LogP contribution in [0.1, 0.15) is 6.92 Å². The Morgan fingerprint density at radius 2 is 1.38 bits per heavy atom. The van der Waals surface area contributed by atoms with Crippen molar-refractivity contribution in [3.8, 4) is 11.1 Å². The Bertz CT molecular complexity index is 796. The molecule has 1 aromatic heterocycles. The molecular formula is C20H21Cl2N3O. The molecule has 3 rings (SSSR count).